The van der Waals surface area contributed by atoms with Gasteiger partial charge in [-0.3, -0.25) is 0 Å². The van der Waals surface area contributed by atoms with Gasteiger partial charge in [0.25, 0.3) is 0 Å². The topological polar surface area (TPSA) is 68.4 Å². The first-order valence-corrected chi connectivity index (χ1v) is 7.11. The van der Waals surface area contributed by atoms with Gasteiger partial charge >= 0.3 is 11.9 Å². The van der Waals surface area contributed by atoms with Crippen LogP contribution in [0.4, 0.5) is 0 Å². The Bertz CT molecular complexity index is 744. The summed E-state index contributed by atoms with van der Waals surface area (Å²) in [6.45, 7) is 2.04. The Hall–Kier alpha value is -2.82. The minimum Gasteiger partial charge on any atom is -0.423 e. The molecule has 0 atom stereocenters. The van der Waals surface area contributed by atoms with E-state index < -0.39 is 5.97 Å². The third kappa shape index (κ3) is 2.65. The monoisotopic (exact) mass is 297 g/mol. The van der Waals surface area contributed by atoms with Gasteiger partial charge in [-0.25, -0.2) is 9.59 Å². The van der Waals surface area contributed by atoms with Gasteiger partial charge in [-0.1, -0.05) is 13.3 Å². The number of hydrogen-bond donors (Lipinski definition) is 1. The summed E-state index contributed by atoms with van der Waals surface area (Å²) in [4.78, 5) is 26.5. The first-order valence-electron chi connectivity index (χ1n) is 7.11. The van der Waals surface area contributed by atoms with E-state index in [2.05, 4.69) is 4.98 Å². The molecule has 0 aliphatic carbocycles. The van der Waals surface area contributed by atoms with Crippen molar-refractivity contribution in [1.29, 1.82) is 0 Å². The van der Waals surface area contributed by atoms with E-state index in [0.717, 1.165) is 12.8 Å². The summed E-state index contributed by atoms with van der Waals surface area (Å²) in [5.41, 5.74) is 1.52. The van der Waals surface area contributed by atoms with Gasteiger partial charge in [0.1, 0.15) is 17.2 Å². The highest BCUT2D eigenvalue weighted by Crippen LogP contribution is 2.33. The number of rotatable bonds is 4. The van der Waals surface area contributed by atoms with Crippen molar-refractivity contribution in [1.82, 2.24) is 4.98 Å². The number of esters is 2. The van der Waals surface area contributed by atoms with Crippen LogP contribution in [0.25, 0.3) is 5.76 Å². The molecule has 1 aliphatic heterocycles. The zero-order chi connectivity index (χ0) is 15.5. The van der Waals surface area contributed by atoms with Crippen molar-refractivity contribution < 1.29 is 19.1 Å². The van der Waals surface area contributed by atoms with Gasteiger partial charge < -0.3 is 14.5 Å². The summed E-state index contributed by atoms with van der Waals surface area (Å²) in [6.07, 6.45) is 5.30. The quantitative estimate of drug-likeness (QED) is 0.692. The SMILES string of the molecule is CCC/C=C1\OC(=O)c2ccc(OC(=O)c3ccc[nH]3)cc21. The highest BCUT2D eigenvalue weighted by Gasteiger charge is 2.27. The Labute approximate surface area is 127 Å². The lowest BCUT2D eigenvalue weighted by Crippen LogP contribution is -2.09. The maximum absolute atomic E-state index is 11.9. The molecular formula is C17H15NO4. The molecule has 2 heterocycles. The number of unbranched alkanes of at least 4 members (excludes halogenated alkanes) is 1. The third-order valence-electron chi connectivity index (χ3n) is 3.33. The molecule has 22 heavy (non-hydrogen) atoms. The van der Waals surface area contributed by atoms with E-state index in [1.54, 1.807) is 36.5 Å². The van der Waals surface area contributed by atoms with Crippen molar-refractivity contribution in [2.24, 2.45) is 0 Å². The van der Waals surface area contributed by atoms with Crippen LogP contribution >= 0.6 is 0 Å². The van der Waals surface area contributed by atoms with Crippen LogP contribution in [0.2, 0.25) is 0 Å². The van der Waals surface area contributed by atoms with E-state index in [1.165, 1.54) is 0 Å². The molecular weight excluding hydrogens is 282 g/mol. The molecule has 1 aliphatic rings. The van der Waals surface area contributed by atoms with E-state index in [4.69, 9.17) is 9.47 Å². The van der Waals surface area contributed by atoms with Crippen LogP contribution in [0.1, 0.15) is 46.2 Å². The van der Waals surface area contributed by atoms with Gasteiger partial charge in [-0.2, -0.15) is 0 Å². The second kappa shape index (κ2) is 5.89. The number of fused-ring (bicyclic) bond motifs is 1. The Balaban J connectivity index is 1.87. The Morgan fingerprint density at radius 3 is 2.91 bits per heavy atom. The molecule has 0 spiro atoms. The van der Waals surface area contributed by atoms with E-state index >= 15 is 0 Å². The maximum atomic E-state index is 11.9. The highest BCUT2D eigenvalue weighted by atomic mass is 16.5. The minimum absolute atomic E-state index is 0.370. The maximum Gasteiger partial charge on any atom is 0.360 e. The van der Waals surface area contributed by atoms with Crippen molar-refractivity contribution in [3.05, 3.63) is 59.4 Å². The fraction of sp³-hybridized carbons (Fsp3) is 0.176. The molecule has 2 aromatic rings. The molecule has 0 amide bonds. The van der Waals surface area contributed by atoms with Crippen LogP contribution < -0.4 is 4.74 Å². The molecule has 1 aromatic heterocycles. The van der Waals surface area contributed by atoms with Crippen LogP contribution in [0.3, 0.4) is 0 Å². The molecule has 0 unspecified atom stereocenters. The lowest BCUT2D eigenvalue weighted by molar-refractivity contribution is 0.0711. The van der Waals surface area contributed by atoms with Crippen LogP contribution in [0.15, 0.2) is 42.6 Å². The summed E-state index contributed by atoms with van der Waals surface area (Å²) in [5.74, 6) is 0.0487. The van der Waals surface area contributed by atoms with E-state index in [-0.39, 0.29) is 5.97 Å². The van der Waals surface area contributed by atoms with Gasteiger partial charge in [-0.15, -0.1) is 0 Å². The number of allylic oxidation sites excluding steroid dienone is 1. The van der Waals surface area contributed by atoms with E-state index in [0.29, 0.717) is 28.3 Å². The van der Waals surface area contributed by atoms with Crippen molar-refractivity contribution in [3.63, 3.8) is 0 Å². The van der Waals surface area contributed by atoms with Crippen LogP contribution in [-0.2, 0) is 4.74 Å². The molecule has 0 bridgehead atoms. The largest absolute Gasteiger partial charge is 0.423 e. The van der Waals surface area contributed by atoms with Crippen molar-refractivity contribution in [2.45, 2.75) is 19.8 Å². The van der Waals surface area contributed by atoms with Gasteiger partial charge in [0, 0.05) is 11.8 Å². The summed E-state index contributed by atoms with van der Waals surface area (Å²) in [7, 11) is 0. The molecule has 0 radical (unpaired) electrons. The summed E-state index contributed by atoms with van der Waals surface area (Å²) in [5, 5.41) is 0. The van der Waals surface area contributed by atoms with E-state index in [9.17, 15) is 9.59 Å². The smallest absolute Gasteiger partial charge is 0.360 e. The number of H-pyrrole nitrogens is 1. The summed E-state index contributed by atoms with van der Waals surface area (Å²) >= 11 is 0. The fourth-order valence-electron chi connectivity index (χ4n) is 2.22. The second-order valence-corrected chi connectivity index (χ2v) is 4.93. The molecule has 0 saturated carbocycles. The predicted octanol–water partition coefficient (Wildman–Crippen LogP) is 3.55. The second-order valence-electron chi connectivity index (χ2n) is 4.93. The minimum atomic E-state index is -0.478. The zero-order valence-electron chi connectivity index (χ0n) is 12.1. The standard InChI is InChI=1S/C17H15NO4/c1-2-3-6-15-13-10-11(7-8-12(13)16(19)22-15)21-17(20)14-5-4-9-18-14/h4-10,18H,2-3H2,1H3/b15-6-. The van der Waals surface area contributed by atoms with Crippen LogP contribution in [0, 0.1) is 0 Å². The number of carbonyl (C=O) groups is 2. The number of aromatic nitrogens is 1. The lowest BCUT2D eigenvalue weighted by Gasteiger charge is -2.04. The molecule has 112 valence electrons. The first-order chi connectivity index (χ1) is 10.7. The Morgan fingerprint density at radius 2 is 2.18 bits per heavy atom. The molecule has 0 saturated heterocycles. The zero-order valence-corrected chi connectivity index (χ0v) is 12.1. The molecule has 0 fully saturated rings. The van der Waals surface area contributed by atoms with Gasteiger partial charge in [-0.05, 0) is 42.8 Å². The molecule has 1 aromatic carbocycles. The van der Waals surface area contributed by atoms with Gasteiger partial charge in [0.2, 0.25) is 0 Å². The summed E-state index contributed by atoms with van der Waals surface area (Å²) in [6, 6.07) is 8.21. The molecule has 3 rings (SSSR count). The Morgan fingerprint density at radius 1 is 1.32 bits per heavy atom. The number of benzene rings is 1. The fourth-order valence-corrected chi connectivity index (χ4v) is 2.22. The van der Waals surface area contributed by atoms with E-state index in [1.807, 2.05) is 13.0 Å². The van der Waals surface area contributed by atoms with Crippen molar-refractivity contribution in [3.8, 4) is 5.75 Å². The van der Waals surface area contributed by atoms with Gasteiger partial charge in [0.05, 0.1) is 5.56 Å². The van der Waals surface area contributed by atoms with Crippen molar-refractivity contribution >= 4 is 17.7 Å². The average Bonchev–Trinajstić information content (AvgIpc) is 3.14. The molecule has 1 N–H and O–H groups in total. The third-order valence-corrected chi connectivity index (χ3v) is 3.33. The molecule has 5 heteroatoms. The van der Waals surface area contributed by atoms with Crippen LogP contribution in [0.5, 0.6) is 5.75 Å². The first kappa shape index (κ1) is 14.1. The predicted molar refractivity (Wildman–Crippen MR) is 80.5 cm³/mol. The number of aromatic amines is 1. The van der Waals surface area contributed by atoms with Crippen LogP contribution in [-0.4, -0.2) is 16.9 Å². The lowest BCUT2D eigenvalue weighted by atomic mass is 10.1. The highest BCUT2D eigenvalue weighted by molar-refractivity contribution is 6.03. The number of ether oxygens (including phenoxy) is 2. The van der Waals surface area contributed by atoms with Gasteiger partial charge in [0.15, 0.2) is 0 Å². The van der Waals surface area contributed by atoms with Crippen molar-refractivity contribution in [2.75, 3.05) is 0 Å². The number of carbonyl (C=O) groups excluding carboxylic acids is 2. The normalized spacial score (nSPS) is 14.8. The Kier molecular flexibility index (Phi) is 3.78. The summed E-state index contributed by atoms with van der Waals surface area (Å²) < 4.78 is 10.5. The molecule has 5 nitrogen and oxygen atoms in total. The number of cyclic esters (lactones) is 1. The number of hydrogen-bond acceptors (Lipinski definition) is 4. The number of nitrogens with one attached hydrogen (secondary N) is 1. The average molecular weight is 297 g/mol.